The molecular formula is C12H12ClFN2O2S. The number of rotatable bonds is 0. The number of halogens is 2. The van der Waals surface area contributed by atoms with Gasteiger partial charge in [0.1, 0.15) is 5.82 Å². The first-order valence-electron chi connectivity index (χ1n) is 5.95. The topological polar surface area (TPSA) is 49.4 Å². The number of carbonyl (C=O) groups is 1. The van der Waals surface area contributed by atoms with E-state index in [4.69, 9.17) is 11.6 Å². The van der Waals surface area contributed by atoms with Crippen molar-refractivity contribution in [3.63, 3.8) is 0 Å². The van der Waals surface area contributed by atoms with Gasteiger partial charge in [-0.3, -0.25) is 9.00 Å². The van der Waals surface area contributed by atoms with E-state index in [0.29, 0.717) is 29.4 Å². The predicted molar refractivity (Wildman–Crippen MR) is 73.7 cm³/mol. The third-order valence-electron chi connectivity index (χ3n) is 3.42. The third-order valence-corrected chi connectivity index (χ3v) is 5.11. The maximum atomic E-state index is 13.6. The average Bonchev–Trinajstić information content (AvgIpc) is 2.45. The van der Waals surface area contributed by atoms with E-state index in [1.54, 1.807) is 0 Å². The van der Waals surface area contributed by atoms with Crippen molar-refractivity contribution in [2.24, 2.45) is 0 Å². The van der Waals surface area contributed by atoms with Crippen LogP contribution >= 0.6 is 11.6 Å². The van der Waals surface area contributed by atoms with Gasteiger partial charge in [-0.25, -0.2) is 4.39 Å². The zero-order valence-electron chi connectivity index (χ0n) is 9.99. The van der Waals surface area contributed by atoms with Gasteiger partial charge in [0.15, 0.2) is 0 Å². The van der Waals surface area contributed by atoms with E-state index in [-0.39, 0.29) is 23.4 Å². The van der Waals surface area contributed by atoms with Gasteiger partial charge in [0, 0.05) is 47.4 Å². The van der Waals surface area contributed by atoms with E-state index in [2.05, 4.69) is 5.32 Å². The van der Waals surface area contributed by atoms with Crippen molar-refractivity contribution < 1.29 is 13.4 Å². The molecule has 1 amide bonds. The highest BCUT2D eigenvalue weighted by Crippen LogP contribution is 2.36. The molecule has 3 rings (SSSR count). The van der Waals surface area contributed by atoms with Crippen LogP contribution in [0.5, 0.6) is 0 Å². The van der Waals surface area contributed by atoms with Gasteiger partial charge in [-0.15, -0.1) is 0 Å². The lowest BCUT2D eigenvalue weighted by atomic mass is 10.1. The molecule has 0 aliphatic carbocycles. The molecule has 102 valence electrons. The number of carbonyl (C=O) groups excluding carboxylic acids is 1. The van der Waals surface area contributed by atoms with Crippen molar-refractivity contribution in [3.8, 4) is 0 Å². The number of hydrogen-bond acceptors (Lipinski definition) is 3. The lowest BCUT2D eigenvalue weighted by Crippen LogP contribution is -2.47. The van der Waals surface area contributed by atoms with Crippen LogP contribution in [0.1, 0.15) is 6.42 Å². The molecular weight excluding hydrogens is 291 g/mol. The van der Waals surface area contributed by atoms with Crippen LogP contribution in [0.25, 0.3) is 0 Å². The Morgan fingerprint density at radius 2 is 2.26 bits per heavy atom. The second-order valence-electron chi connectivity index (χ2n) is 4.69. The van der Waals surface area contributed by atoms with Crippen molar-refractivity contribution >= 4 is 39.7 Å². The summed E-state index contributed by atoms with van der Waals surface area (Å²) in [4.78, 5) is 13.8. The van der Waals surface area contributed by atoms with Crippen LogP contribution < -0.4 is 10.2 Å². The molecule has 1 aromatic carbocycles. The Balaban J connectivity index is 2.08. The van der Waals surface area contributed by atoms with Gasteiger partial charge in [-0.05, 0) is 6.07 Å². The van der Waals surface area contributed by atoms with E-state index >= 15 is 0 Å². The molecule has 0 saturated carbocycles. The zero-order valence-corrected chi connectivity index (χ0v) is 11.6. The second-order valence-corrected chi connectivity index (χ2v) is 6.72. The maximum Gasteiger partial charge on any atom is 0.226 e. The first kappa shape index (κ1) is 12.9. The standard InChI is InChI=1S/C12H12ClFN2O2S/c13-8-4-10-11(5-9(8)14)16-1-2-19(18)6-7(16)3-12(17)15-10/h4-5,7H,1-3,6H2,(H,15,17). The van der Waals surface area contributed by atoms with Crippen LogP contribution in [0, 0.1) is 5.82 Å². The summed E-state index contributed by atoms with van der Waals surface area (Å²) in [5.41, 5.74) is 1.14. The molecule has 4 nitrogen and oxygen atoms in total. The number of hydrogen-bond donors (Lipinski definition) is 1. The summed E-state index contributed by atoms with van der Waals surface area (Å²) >= 11 is 5.75. The van der Waals surface area contributed by atoms with Crippen LogP contribution in [0.4, 0.5) is 15.8 Å². The quantitative estimate of drug-likeness (QED) is 0.794. The molecule has 1 saturated heterocycles. The molecule has 2 aliphatic heterocycles. The molecule has 0 radical (unpaired) electrons. The monoisotopic (exact) mass is 302 g/mol. The van der Waals surface area contributed by atoms with Crippen LogP contribution in [0.2, 0.25) is 5.02 Å². The van der Waals surface area contributed by atoms with E-state index < -0.39 is 16.6 Å². The van der Waals surface area contributed by atoms with E-state index in [1.165, 1.54) is 12.1 Å². The minimum Gasteiger partial charge on any atom is -0.364 e. The molecule has 0 spiro atoms. The van der Waals surface area contributed by atoms with Crippen LogP contribution in [0.3, 0.4) is 0 Å². The van der Waals surface area contributed by atoms with Crippen molar-refractivity contribution in [2.45, 2.75) is 12.5 Å². The number of fused-ring (bicyclic) bond motifs is 3. The molecule has 2 unspecified atom stereocenters. The molecule has 1 aromatic rings. The average molecular weight is 303 g/mol. The largest absolute Gasteiger partial charge is 0.364 e. The lowest BCUT2D eigenvalue weighted by Gasteiger charge is -2.35. The summed E-state index contributed by atoms with van der Waals surface area (Å²) in [6, 6.07) is 2.62. The number of amides is 1. The molecule has 2 heterocycles. The van der Waals surface area contributed by atoms with E-state index in [1.807, 2.05) is 4.90 Å². The first-order chi connectivity index (χ1) is 9.04. The zero-order chi connectivity index (χ0) is 13.6. The Kier molecular flexibility index (Phi) is 3.22. The molecule has 7 heteroatoms. The number of anilines is 2. The van der Waals surface area contributed by atoms with Gasteiger partial charge in [0.05, 0.1) is 16.4 Å². The summed E-state index contributed by atoms with van der Waals surface area (Å²) in [6.07, 6.45) is 0.264. The Morgan fingerprint density at radius 1 is 1.47 bits per heavy atom. The predicted octanol–water partition coefficient (Wildman–Crippen LogP) is 1.76. The molecule has 19 heavy (non-hydrogen) atoms. The second kappa shape index (κ2) is 4.76. The van der Waals surface area contributed by atoms with Gasteiger partial charge < -0.3 is 10.2 Å². The Labute approximate surface area is 117 Å². The SMILES string of the molecule is O=C1CC2CS(=O)CCN2c2cc(F)c(Cl)cc2N1. The summed E-state index contributed by atoms with van der Waals surface area (Å²) < 4.78 is 25.3. The third kappa shape index (κ3) is 2.34. The summed E-state index contributed by atoms with van der Waals surface area (Å²) in [6.45, 7) is 0.556. The Bertz CT molecular complexity index is 581. The van der Waals surface area contributed by atoms with Crippen LogP contribution in [0.15, 0.2) is 12.1 Å². The van der Waals surface area contributed by atoms with Gasteiger partial charge in [-0.2, -0.15) is 0 Å². The Hall–Kier alpha value is -1.14. The minimum absolute atomic E-state index is 0.0157. The lowest BCUT2D eigenvalue weighted by molar-refractivity contribution is -0.116. The molecule has 0 aromatic heterocycles. The summed E-state index contributed by atoms with van der Waals surface area (Å²) in [5, 5.41) is 2.72. The van der Waals surface area contributed by atoms with Crippen LogP contribution in [-0.4, -0.2) is 34.2 Å². The van der Waals surface area contributed by atoms with Gasteiger partial charge in [0.2, 0.25) is 5.91 Å². The normalized spacial score (nSPS) is 26.2. The van der Waals surface area contributed by atoms with Gasteiger partial charge >= 0.3 is 0 Å². The highest BCUT2D eigenvalue weighted by molar-refractivity contribution is 7.85. The molecule has 1 fully saturated rings. The van der Waals surface area contributed by atoms with E-state index in [0.717, 1.165) is 0 Å². The van der Waals surface area contributed by atoms with E-state index in [9.17, 15) is 13.4 Å². The number of nitrogens with one attached hydrogen (secondary N) is 1. The molecule has 0 bridgehead atoms. The fourth-order valence-electron chi connectivity index (χ4n) is 2.55. The molecule has 2 atom stereocenters. The van der Waals surface area contributed by atoms with Gasteiger partial charge in [-0.1, -0.05) is 11.6 Å². The minimum atomic E-state index is -0.909. The number of benzene rings is 1. The summed E-state index contributed by atoms with van der Waals surface area (Å²) in [5.74, 6) is 0.309. The summed E-state index contributed by atoms with van der Waals surface area (Å²) in [7, 11) is -0.909. The van der Waals surface area contributed by atoms with Crippen LogP contribution in [-0.2, 0) is 15.6 Å². The highest BCUT2D eigenvalue weighted by Gasteiger charge is 2.33. The fourth-order valence-corrected chi connectivity index (χ4v) is 4.00. The highest BCUT2D eigenvalue weighted by atomic mass is 35.5. The van der Waals surface area contributed by atoms with Crippen molar-refractivity contribution in [1.29, 1.82) is 0 Å². The van der Waals surface area contributed by atoms with Crippen molar-refractivity contribution in [3.05, 3.63) is 23.0 Å². The number of nitrogens with zero attached hydrogens (tertiary/aromatic N) is 1. The van der Waals surface area contributed by atoms with Gasteiger partial charge in [0.25, 0.3) is 0 Å². The van der Waals surface area contributed by atoms with Crippen molar-refractivity contribution in [2.75, 3.05) is 28.3 Å². The smallest absolute Gasteiger partial charge is 0.226 e. The fraction of sp³-hybridized carbons (Fsp3) is 0.417. The Morgan fingerprint density at radius 3 is 3.05 bits per heavy atom. The maximum absolute atomic E-state index is 13.6. The van der Waals surface area contributed by atoms with Crippen molar-refractivity contribution in [1.82, 2.24) is 0 Å². The first-order valence-corrected chi connectivity index (χ1v) is 7.81. The molecule has 1 N–H and O–H groups in total. The molecule has 2 aliphatic rings.